The van der Waals surface area contributed by atoms with E-state index in [1.54, 1.807) is 18.2 Å². The van der Waals surface area contributed by atoms with E-state index in [-0.39, 0.29) is 51.9 Å². The average Bonchev–Trinajstić information content (AvgIpc) is 3.49. The van der Waals surface area contributed by atoms with Crippen LogP contribution in [0.5, 0.6) is 23.3 Å². The van der Waals surface area contributed by atoms with Crippen molar-refractivity contribution in [1.82, 2.24) is 9.55 Å². The first-order valence-corrected chi connectivity index (χ1v) is 12.6. The van der Waals surface area contributed by atoms with E-state index in [1.165, 1.54) is 42.6 Å². The first-order chi connectivity index (χ1) is 18.3. The highest BCUT2D eigenvalue weighted by molar-refractivity contribution is 7.90. The molecule has 0 fully saturated rings. The summed E-state index contributed by atoms with van der Waals surface area (Å²) in [7, 11) is -4.37. The molecule has 2 aromatic heterocycles. The number of ether oxygens (including phenoxy) is 2. The summed E-state index contributed by atoms with van der Waals surface area (Å²) < 4.78 is 42.2. The minimum absolute atomic E-state index is 0.0698. The summed E-state index contributed by atoms with van der Waals surface area (Å²) in [4.78, 5) is 17.2. The van der Waals surface area contributed by atoms with Gasteiger partial charge in [0.2, 0.25) is 24.3 Å². The number of carbonyl (C=O) groups is 1. The van der Waals surface area contributed by atoms with Crippen LogP contribution in [0.25, 0.3) is 0 Å². The second kappa shape index (κ2) is 8.46. The molecule has 6 rings (SSSR count). The maximum absolute atomic E-state index is 13.3. The zero-order valence-electron chi connectivity index (χ0n) is 19.3. The monoisotopic (exact) mass is 528 g/mol. The lowest BCUT2D eigenvalue weighted by Crippen LogP contribution is -2.22. The van der Waals surface area contributed by atoms with Crippen molar-refractivity contribution in [3.8, 4) is 29.3 Å². The number of nitriles is 1. The van der Waals surface area contributed by atoms with E-state index in [9.17, 15) is 23.4 Å². The van der Waals surface area contributed by atoms with Crippen LogP contribution in [0, 0.1) is 11.3 Å². The second-order valence-electron chi connectivity index (χ2n) is 8.45. The highest BCUT2D eigenvalue weighted by Gasteiger charge is 2.39. The molecule has 4 aromatic rings. The first kappa shape index (κ1) is 23.3. The van der Waals surface area contributed by atoms with Gasteiger partial charge < -0.3 is 19.7 Å². The van der Waals surface area contributed by atoms with Gasteiger partial charge in [-0.2, -0.15) is 18.1 Å². The molecular weight excluding hydrogens is 512 g/mol. The number of aromatic nitrogens is 2. The van der Waals surface area contributed by atoms with Crippen molar-refractivity contribution >= 4 is 21.5 Å². The lowest BCUT2D eigenvalue weighted by atomic mass is 9.89. The van der Waals surface area contributed by atoms with Crippen molar-refractivity contribution in [2.75, 3.05) is 6.79 Å². The van der Waals surface area contributed by atoms with Gasteiger partial charge in [0.25, 0.3) is 10.0 Å². The van der Waals surface area contributed by atoms with Crippen LogP contribution in [0.3, 0.4) is 0 Å². The van der Waals surface area contributed by atoms with Crippen LogP contribution in [0.15, 0.2) is 70.1 Å². The standard InChI is InChI=1S/C26H16N4O7S/c27-11-14-3-6-16(7-4-14)38(34,35)29-22-17-2-1-9-28-23(17)24(31)21-20(22)25(32)30(26(21)33)12-15-5-8-18-19(10-15)37-13-36-18/h1-10,32-33H,12-13H2. The average molecular weight is 529 g/mol. The van der Waals surface area contributed by atoms with E-state index in [2.05, 4.69) is 9.38 Å². The number of ketones is 1. The summed E-state index contributed by atoms with van der Waals surface area (Å²) in [6, 6.07) is 15.1. The molecule has 0 radical (unpaired) electrons. The summed E-state index contributed by atoms with van der Waals surface area (Å²) in [6.07, 6.45) is 1.36. The van der Waals surface area contributed by atoms with Gasteiger partial charge in [-0.25, -0.2) is 0 Å². The van der Waals surface area contributed by atoms with Gasteiger partial charge in [-0.15, -0.1) is 0 Å². The molecule has 2 aliphatic rings. The molecule has 0 atom stereocenters. The highest BCUT2D eigenvalue weighted by Crippen LogP contribution is 2.42. The van der Waals surface area contributed by atoms with Gasteiger partial charge in [-0.05, 0) is 54.1 Å². The van der Waals surface area contributed by atoms with Crippen molar-refractivity contribution in [1.29, 1.82) is 5.26 Å². The normalized spacial score (nSPS) is 14.7. The van der Waals surface area contributed by atoms with Crippen molar-refractivity contribution in [3.63, 3.8) is 0 Å². The Kier molecular flexibility index (Phi) is 5.18. The van der Waals surface area contributed by atoms with Gasteiger partial charge in [-0.3, -0.25) is 14.3 Å². The number of aromatic hydroxyl groups is 2. The molecule has 0 bridgehead atoms. The number of rotatable bonds is 4. The molecule has 2 aromatic carbocycles. The fraction of sp³-hybridized carbons (Fsp3) is 0.0769. The van der Waals surface area contributed by atoms with Crippen molar-refractivity contribution in [2.45, 2.75) is 11.4 Å². The van der Waals surface area contributed by atoms with Crippen molar-refractivity contribution in [3.05, 3.63) is 94.3 Å². The number of hydrogen-bond donors (Lipinski definition) is 2. The fourth-order valence-electron chi connectivity index (χ4n) is 4.40. The van der Waals surface area contributed by atoms with Crippen LogP contribution < -0.4 is 9.47 Å². The number of fused-ring (bicyclic) bond motifs is 3. The molecule has 0 saturated heterocycles. The maximum atomic E-state index is 13.3. The summed E-state index contributed by atoms with van der Waals surface area (Å²) in [5.41, 5.74) is 0.0411. The van der Waals surface area contributed by atoms with E-state index >= 15 is 0 Å². The van der Waals surface area contributed by atoms with Crippen LogP contribution in [-0.4, -0.2) is 46.5 Å². The minimum Gasteiger partial charge on any atom is -0.494 e. The van der Waals surface area contributed by atoms with E-state index in [0.29, 0.717) is 17.1 Å². The summed E-state index contributed by atoms with van der Waals surface area (Å²) in [6.45, 7) is -0.00554. The SMILES string of the molecule is N#Cc1ccc(S(=O)(=O)N=C2c3cccnc3C(=O)c3c2c(O)n(Cc2ccc4c(c2)OCO4)c3O)cc1. The predicted molar refractivity (Wildman–Crippen MR) is 131 cm³/mol. The molecule has 2 N–H and O–H groups in total. The van der Waals surface area contributed by atoms with Gasteiger partial charge in [-0.1, -0.05) is 6.07 Å². The quantitative estimate of drug-likeness (QED) is 0.357. The molecule has 188 valence electrons. The van der Waals surface area contributed by atoms with E-state index < -0.39 is 27.6 Å². The Labute approximate surface area is 215 Å². The second-order valence-corrected chi connectivity index (χ2v) is 10.1. The van der Waals surface area contributed by atoms with Crippen LogP contribution in [0.1, 0.15) is 38.3 Å². The van der Waals surface area contributed by atoms with Gasteiger partial charge in [0.05, 0.1) is 39.9 Å². The number of carbonyl (C=O) groups excluding carboxylic acids is 1. The third-order valence-corrected chi connectivity index (χ3v) is 7.51. The number of hydrogen-bond acceptors (Lipinski definition) is 9. The molecule has 0 saturated carbocycles. The fourth-order valence-corrected chi connectivity index (χ4v) is 5.42. The smallest absolute Gasteiger partial charge is 0.282 e. The predicted octanol–water partition coefficient (Wildman–Crippen LogP) is 2.71. The molecule has 38 heavy (non-hydrogen) atoms. The number of nitrogens with zero attached hydrogens (tertiary/aromatic N) is 4. The minimum atomic E-state index is -4.37. The number of pyridine rings is 1. The van der Waals surface area contributed by atoms with Gasteiger partial charge >= 0.3 is 0 Å². The zero-order chi connectivity index (χ0) is 26.6. The molecule has 12 heteroatoms. The van der Waals surface area contributed by atoms with E-state index in [4.69, 9.17) is 14.7 Å². The molecule has 1 aliphatic heterocycles. The molecular formula is C26H16N4O7S. The molecule has 11 nitrogen and oxygen atoms in total. The lowest BCUT2D eigenvalue weighted by molar-refractivity contribution is 0.103. The molecule has 0 unspecified atom stereocenters. The van der Waals surface area contributed by atoms with E-state index in [0.717, 1.165) is 4.57 Å². The Morgan fingerprint density at radius 1 is 1.03 bits per heavy atom. The Morgan fingerprint density at radius 2 is 1.76 bits per heavy atom. The Balaban J connectivity index is 1.52. The molecule has 0 spiro atoms. The van der Waals surface area contributed by atoms with Crippen LogP contribution in [-0.2, 0) is 16.6 Å². The third kappa shape index (κ3) is 3.56. The summed E-state index contributed by atoms with van der Waals surface area (Å²) in [5.74, 6) is -0.774. The Hall–Kier alpha value is -5.15. The van der Waals surface area contributed by atoms with Crippen molar-refractivity contribution < 1.29 is 32.9 Å². The number of benzene rings is 2. The molecule has 3 heterocycles. The summed E-state index contributed by atoms with van der Waals surface area (Å²) in [5, 5.41) is 31.3. The zero-order valence-corrected chi connectivity index (χ0v) is 20.1. The largest absolute Gasteiger partial charge is 0.494 e. The third-order valence-electron chi connectivity index (χ3n) is 6.22. The van der Waals surface area contributed by atoms with Crippen LogP contribution in [0.4, 0.5) is 0 Å². The van der Waals surface area contributed by atoms with Crippen LogP contribution in [0.2, 0.25) is 0 Å². The van der Waals surface area contributed by atoms with Gasteiger partial charge in [0, 0.05) is 11.8 Å². The lowest BCUT2D eigenvalue weighted by Gasteiger charge is -2.16. The maximum Gasteiger partial charge on any atom is 0.282 e. The van der Waals surface area contributed by atoms with E-state index in [1.807, 2.05) is 6.07 Å². The topological polar surface area (TPSA) is 164 Å². The molecule has 0 amide bonds. The molecule has 1 aliphatic carbocycles. The Bertz CT molecular complexity index is 1830. The first-order valence-electron chi connectivity index (χ1n) is 11.2. The number of sulfonamides is 1. The highest BCUT2D eigenvalue weighted by atomic mass is 32.2. The van der Waals surface area contributed by atoms with Gasteiger partial charge in [0.15, 0.2) is 11.5 Å². The van der Waals surface area contributed by atoms with Crippen molar-refractivity contribution in [2.24, 2.45) is 4.40 Å². The summed E-state index contributed by atoms with van der Waals surface area (Å²) >= 11 is 0. The van der Waals surface area contributed by atoms with Gasteiger partial charge in [0.1, 0.15) is 5.69 Å². The van der Waals surface area contributed by atoms with Crippen LogP contribution >= 0.6 is 0 Å². The Morgan fingerprint density at radius 3 is 2.53 bits per heavy atom.